The van der Waals surface area contributed by atoms with Crippen LogP contribution in [0, 0.1) is 0 Å². The number of carbonyl (C=O) groups is 2. The van der Waals surface area contributed by atoms with Crippen LogP contribution in [0.2, 0.25) is 0 Å². The van der Waals surface area contributed by atoms with Crippen molar-refractivity contribution in [3.05, 3.63) is 84.4 Å². The monoisotopic (exact) mass is 410 g/mol. The van der Waals surface area contributed by atoms with E-state index in [4.69, 9.17) is 19.7 Å². The number of pyridine rings is 2. The highest BCUT2D eigenvalue weighted by Crippen LogP contribution is 2.19. The molecule has 3 aromatic rings. The molecule has 8 heteroatoms. The predicted molar refractivity (Wildman–Crippen MR) is 104 cm³/mol. The number of aliphatic carboxylic acids is 2. The Balaban J connectivity index is 1.52. The second-order valence-electron chi connectivity index (χ2n) is 6.61. The number of nitrogens with zero attached hydrogens (tertiary/aromatic N) is 2. The maximum atomic E-state index is 10.8. The van der Waals surface area contributed by atoms with Crippen molar-refractivity contribution in [2.45, 2.75) is 26.3 Å². The predicted octanol–water partition coefficient (Wildman–Crippen LogP) is 1.59. The van der Waals surface area contributed by atoms with Gasteiger partial charge in [0.1, 0.15) is 24.7 Å². The Morgan fingerprint density at radius 3 is 1.47 bits per heavy atom. The molecular formula is C22H22N2O6+2. The first-order chi connectivity index (χ1) is 14.5. The van der Waals surface area contributed by atoms with Crippen molar-refractivity contribution in [3.63, 3.8) is 0 Å². The molecule has 0 atom stereocenters. The zero-order valence-corrected chi connectivity index (χ0v) is 16.2. The highest BCUT2D eigenvalue weighted by molar-refractivity contribution is 5.65. The summed E-state index contributed by atoms with van der Waals surface area (Å²) in [6, 6.07) is 14.5. The van der Waals surface area contributed by atoms with Crippen molar-refractivity contribution in [2.75, 3.05) is 0 Å². The lowest BCUT2D eigenvalue weighted by molar-refractivity contribution is -0.686. The number of hydrogen-bond acceptors (Lipinski definition) is 4. The Bertz CT molecular complexity index is 938. The summed E-state index contributed by atoms with van der Waals surface area (Å²) in [5.74, 6) is -0.480. The summed E-state index contributed by atoms with van der Waals surface area (Å²) < 4.78 is 14.7. The van der Waals surface area contributed by atoms with Gasteiger partial charge in [-0.15, -0.1) is 0 Å². The topological polar surface area (TPSA) is 101 Å². The molecule has 30 heavy (non-hydrogen) atoms. The molecule has 0 unspecified atom stereocenters. The zero-order valence-electron chi connectivity index (χ0n) is 16.2. The molecule has 2 heterocycles. The first-order valence-corrected chi connectivity index (χ1v) is 9.23. The molecule has 0 fully saturated rings. The van der Waals surface area contributed by atoms with Crippen LogP contribution in [0.4, 0.5) is 0 Å². The first-order valence-electron chi connectivity index (χ1n) is 9.23. The van der Waals surface area contributed by atoms with Gasteiger partial charge in [0.2, 0.25) is 13.1 Å². The van der Waals surface area contributed by atoms with E-state index in [9.17, 15) is 9.59 Å². The molecule has 8 nitrogen and oxygen atoms in total. The van der Waals surface area contributed by atoms with E-state index in [1.807, 2.05) is 12.1 Å². The fourth-order valence-electron chi connectivity index (χ4n) is 2.80. The van der Waals surface area contributed by atoms with Gasteiger partial charge in [0.15, 0.2) is 24.8 Å². The van der Waals surface area contributed by atoms with Gasteiger partial charge in [0.05, 0.1) is 11.1 Å². The summed E-state index contributed by atoms with van der Waals surface area (Å²) in [7, 11) is 0. The number of carboxylic acid groups (broad SMARTS) is 2. The SMILES string of the molecule is O=C(O)C[n+]1cccc(COc2ccc(OCc3ccc[n+](CC(=O)O)c3)cc2)c1. The van der Waals surface area contributed by atoms with Gasteiger partial charge in [-0.1, -0.05) is 0 Å². The van der Waals surface area contributed by atoms with E-state index in [2.05, 4.69) is 0 Å². The van der Waals surface area contributed by atoms with Crippen LogP contribution in [0.3, 0.4) is 0 Å². The van der Waals surface area contributed by atoms with Crippen molar-refractivity contribution in [1.82, 2.24) is 0 Å². The van der Waals surface area contributed by atoms with Gasteiger partial charge in [-0.3, -0.25) is 0 Å². The summed E-state index contributed by atoms with van der Waals surface area (Å²) in [5, 5.41) is 17.7. The lowest BCUT2D eigenvalue weighted by Gasteiger charge is -2.08. The van der Waals surface area contributed by atoms with Crippen LogP contribution in [0.1, 0.15) is 11.1 Å². The Labute approximate surface area is 173 Å². The van der Waals surface area contributed by atoms with E-state index in [0.29, 0.717) is 24.7 Å². The van der Waals surface area contributed by atoms with Crippen molar-refractivity contribution in [2.24, 2.45) is 0 Å². The quantitative estimate of drug-likeness (QED) is 0.493. The summed E-state index contributed by atoms with van der Waals surface area (Å²) in [4.78, 5) is 21.6. The molecule has 3 rings (SSSR count). The summed E-state index contributed by atoms with van der Waals surface area (Å²) in [6.45, 7) is 0.428. The Morgan fingerprint density at radius 1 is 0.700 bits per heavy atom. The van der Waals surface area contributed by atoms with E-state index < -0.39 is 11.9 Å². The Morgan fingerprint density at radius 2 is 1.10 bits per heavy atom. The smallest absolute Gasteiger partial charge is 0.370 e. The molecule has 0 aliphatic heterocycles. The van der Waals surface area contributed by atoms with Gasteiger partial charge in [-0.25, -0.2) is 9.59 Å². The van der Waals surface area contributed by atoms with Gasteiger partial charge in [-0.05, 0) is 36.4 Å². The molecule has 0 radical (unpaired) electrons. The molecule has 2 aromatic heterocycles. The average molecular weight is 410 g/mol. The van der Waals surface area contributed by atoms with E-state index in [-0.39, 0.29) is 13.1 Å². The van der Waals surface area contributed by atoms with Crippen LogP contribution in [0.15, 0.2) is 73.3 Å². The standard InChI is InChI=1S/C22H20N2O6/c25-21(26)13-23-9-1-3-17(11-23)15-29-19-5-7-20(8-6-19)30-16-18-4-2-10-24(12-18)14-22(27)28/h1-12H,13-16H2/p+2. The largest absolute Gasteiger partial charge is 0.489 e. The third kappa shape index (κ3) is 6.59. The molecule has 0 spiro atoms. The average Bonchev–Trinajstić information content (AvgIpc) is 2.71. The summed E-state index contributed by atoms with van der Waals surface area (Å²) >= 11 is 0. The lowest BCUT2D eigenvalue weighted by Crippen LogP contribution is -2.37. The fourth-order valence-corrected chi connectivity index (χ4v) is 2.80. The van der Waals surface area contributed by atoms with Crippen molar-refractivity contribution >= 4 is 11.9 Å². The third-order valence-electron chi connectivity index (χ3n) is 4.11. The maximum absolute atomic E-state index is 10.8. The third-order valence-corrected chi connectivity index (χ3v) is 4.11. The van der Waals surface area contributed by atoms with Crippen LogP contribution in [0.5, 0.6) is 11.5 Å². The highest BCUT2D eigenvalue weighted by atomic mass is 16.5. The van der Waals surface area contributed by atoms with Crippen LogP contribution in [0.25, 0.3) is 0 Å². The van der Waals surface area contributed by atoms with E-state index in [1.165, 1.54) is 0 Å². The van der Waals surface area contributed by atoms with Crippen LogP contribution in [-0.2, 0) is 35.9 Å². The minimum atomic E-state index is -0.902. The number of benzene rings is 1. The van der Waals surface area contributed by atoms with Gasteiger partial charge in [-0.2, -0.15) is 9.13 Å². The summed E-state index contributed by atoms with van der Waals surface area (Å²) in [5.41, 5.74) is 1.72. The molecule has 0 amide bonds. The molecule has 2 N–H and O–H groups in total. The maximum Gasteiger partial charge on any atom is 0.370 e. The fraction of sp³-hybridized carbons (Fsp3) is 0.182. The van der Waals surface area contributed by atoms with Gasteiger partial charge in [0.25, 0.3) is 0 Å². The van der Waals surface area contributed by atoms with Crippen molar-refractivity contribution < 1.29 is 38.4 Å². The molecular weight excluding hydrogens is 388 g/mol. The molecule has 0 bridgehead atoms. The van der Waals surface area contributed by atoms with Gasteiger partial charge < -0.3 is 19.7 Å². The number of hydrogen-bond donors (Lipinski definition) is 2. The normalized spacial score (nSPS) is 10.4. The van der Waals surface area contributed by atoms with Gasteiger partial charge >= 0.3 is 11.9 Å². The summed E-state index contributed by atoms with van der Waals surface area (Å²) in [6.07, 6.45) is 6.86. The molecule has 1 aromatic carbocycles. The first kappa shape index (κ1) is 20.8. The van der Waals surface area contributed by atoms with Crippen molar-refractivity contribution in [3.8, 4) is 11.5 Å². The molecule has 0 aliphatic rings. The minimum absolute atomic E-state index is 0.0996. The van der Waals surface area contributed by atoms with E-state index in [0.717, 1.165) is 11.1 Å². The van der Waals surface area contributed by atoms with E-state index >= 15 is 0 Å². The molecule has 0 aliphatic carbocycles. The van der Waals surface area contributed by atoms with E-state index in [1.54, 1.807) is 70.3 Å². The zero-order chi connectivity index (χ0) is 21.3. The molecule has 0 saturated carbocycles. The lowest BCUT2D eigenvalue weighted by atomic mass is 10.3. The van der Waals surface area contributed by atoms with Crippen molar-refractivity contribution in [1.29, 1.82) is 0 Å². The van der Waals surface area contributed by atoms with Crippen LogP contribution < -0.4 is 18.6 Å². The Hall–Kier alpha value is -3.94. The van der Waals surface area contributed by atoms with Crippen LogP contribution in [-0.4, -0.2) is 22.2 Å². The Kier molecular flexibility index (Phi) is 6.94. The number of ether oxygens (including phenoxy) is 2. The molecule has 0 saturated heterocycles. The highest BCUT2D eigenvalue weighted by Gasteiger charge is 2.09. The van der Waals surface area contributed by atoms with Crippen LogP contribution >= 0.6 is 0 Å². The van der Waals surface area contributed by atoms with Gasteiger partial charge in [0, 0.05) is 12.1 Å². The second kappa shape index (κ2) is 10.0. The number of aromatic nitrogens is 2. The second-order valence-corrected chi connectivity index (χ2v) is 6.61. The molecule has 154 valence electrons. The number of rotatable bonds is 10. The minimum Gasteiger partial charge on any atom is -0.489 e. The number of carboxylic acids is 2.